The number of nitrogens with zero attached hydrogens (tertiary/aromatic N) is 2. The molecule has 0 radical (unpaired) electrons. The fourth-order valence-electron chi connectivity index (χ4n) is 4.25. The maximum Gasteiger partial charge on any atom is 0.243 e. The molecule has 7 nitrogen and oxygen atoms in total. The highest BCUT2D eigenvalue weighted by molar-refractivity contribution is 7.92. The minimum absolute atomic E-state index is 0.0159. The molecule has 2 amide bonds. The van der Waals surface area contributed by atoms with Crippen LogP contribution in [0.1, 0.15) is 30.9 Å². The molecule has 0 aromatic heterocycles. The van der Waals surface area contributed by atoms with E-state index in [0.717, 1.165) is 11.8 Å². The third kappa shape index (κ3) is 8.14. The molecule has 0 bridgehead atoms. The number of nitrogens with one attached hydrogen (secondary N) is 1. The molecule has 0 fully saturated rings. The SMILES string of the molecule is CCNC(=O)[C@@H](Cc1ccccc1)N(Cc1ccccc1F)C(=O)CCCN(c1ccccc1)S(C)(=O)=O. The van der Waals surface area contributed by atoms with Gasteiger partial charge < -0.3 is 10.2 Å². The molecule has 0 aliphatic heterocycles. The van der Waals surface area contributed by atoms with Crippen molar-refractivity contribution in [1.29, 1.82) is 0 Å². The number of carbonyl (C=O) groups is 2. The molecule has 3 rings (SSSR count). The Kier molecular flexibility index (Phi) is 10.4. The van der Waals surface area contributed by atoms with Gasteiger partial charge in [-0.05, 0) is 37.1 Å². The van der Waals surface area contributed by atoms with Crippen LogP contribution in [0.25, 0.3) is 0 Å². The molecule has 38 heavy (non-hydrogen) atoms. The summed E-state index contributed by atoms with van der Waals surface area (Å²) in [5.41, 5.74) is 1.67. The Balaban J connectivity index is 1.86. The second-order valence-corrected chi connectivity index (χ2v) is 10.9. The Hall–Kier alpha value is -3.72. The molecule has 0 spiro atoms. The van der Waals surface area contributed by atoms with E-state index in [0.29, 0.717) is 17.8 Å². The van der Waals surface area contributed by atoms with Crippen molar-refractivity contribution in [3.05, 3.63) is 102 Å². The van der Waals surface area contributed by atoms with Crippen LogP contribution in [0, 0.1) is 5.82 Å². The first-order chi connectivity index (χ1) is 18.2. The second kappa shape index (κ2) is 13.7. The van der Waals surface area contributed by atoms with Crippen molar-refractivity contribution in [2.75, 3.05) is 23.7 Å². The normalized spacial score (nSPS) is 12.0. The van der Waals surface area contributed by atoms with Crippen LogP contribution in [0.5, 0.6) is 0 Å². The third-order valence-electron chi connectivity index (χ3n) is 6.12. The first-order valence-electron chi connectivity index (χ1n) is 12.6. The summed E-state index contributed by atoms with van der Waals surface area (Å²) >= 11 is 0. The molecule has 3 aromatic rings. The fourth-order valence-corrected chi connectivity index (χ4v) is 5.22. The van der Waals surface area contributed by atoms with E-state index in [1.54, 1.807) is 55.5 Å². The van der Waals surface area contributed by atoms with Crippen LogP contribution in [-0.2, 0) is 32.6 Å². The summed E-state index contributed by atoms with van der Waals surface area (Å²) in [5.74, 6) is -1.16. The lowest BCUT2D eigenvalue weighted by Gasteiger charge is -2.32. The molecule has 202 valence electrons. The molecule has 9 heteroatoms. The molecule has 3 aromatic carbocycles. The maximum atomic E-state index is 14.6. The van der Waals surface area contributed by atoms with Gasteiger partial charge in [0.15, 0.2) is 0 Å². The van der Waals surface area contributed by atoms with Crippen LogP contribution in [-0.4, -0.2) is 50.5 Å². The minimum Gasteiger partial charge on any atom is -0.355 e. The summed E-state index contributed by atoms with van der Waals surface area (Å²) in [4.78, 5) is 28.2. The number of anilines is 1. The first kappa shape index (κ1) is 28.8. The number of likely N-dealkylation sites (N-methyl/N-ethyl adjacent to an activating group) is 1. The summed E-state index contributed by atoms with van der Waals surface area (Å²) in [7, 11) is -3.57. The Morgan fingerprint density at radius 3 is 2.13 bits per heavy atom. The summed E-state index contributed by atoms with van der Waals surface area (Å²) in [6.07, 6.45) is 1.59. The molecule has 0 heterocycles. The fraction of sp³-hybridized carbons (Fsp3) is 0.310. The van der Waals surface area contributed by atoms with Crippen LogP contribution in [0.15, 0.2) is 84.9 Å². The van der Waals surface area contributed by atoms with Crippen molar-refractivity contribution in [1.82, 2.24) is 10.2 Å². The number of hydrogen-bond acceptors (Lipinski definition) is 4. The Bertz CT molecular complexity index is 1300. The van der Waals surface area contributed by atoms with Crippen molar-refractivity contribution in [2.24, 2.45) is 0 Å². The van der Waals surface area contributed by atoms with E-state index in [2.05, 4.69) is 5.32 Å². The highest BCUT2D eigenvalue weighted by Gasteiger charge is 2.30. The molecule has 0 saturated carbocycles. The quantitative estimate of drug-likeness (QED) is 0.354. The molecule has 1 N–H and O–H groups in total. The summed E-state index contributed by atoms with van der Waals surface area (Å²) < 4.78 is 40.7. The van der Waals surface area contributed by atoms with E-state index in [-0.39, 0.29) is 44.2 Å². The Labute approximate surface area is 224 Å². The zero-order chi connectivity index (χ0) is 27.5. The largest absolute Gasteiger partial charge is 0.355 e. The van der Waals surface area contributed by atoms with Gasteiger partial charge in [-0.3, -0.25) is 13.9 Å². The van der Waals surface area contributed by atoms with Gasteiger partial charge in [0.25, 0.3) is 0 Å². The van der Waals surface area contributed by atoms with Crippen LogP contribution in [0.4, 0.5) is 10.1 Å². The van der Waals surface area contributed by atoms with Gasteiger partial charge in [0.05, 0.1) is 11.9 Å². The van der Waals surface area contributed by atoms with Gasteiger partial charge in [-0.1, -0.05) is 66.7 Å². The van der Waals surface area contributed by atoms with Crippen LogP contribution >= 0.6 is 0 Å². The van der Waals surface area contributed by atoms with Crippen molar-refractivity contribution in [3.8, 4) is 0 Å². The van der Waals surface area contributed by atoms with Crippen LogP contribution in [0.3, 0.4) is 0 Å². The van der Waals surface area contributed by atoms with Gasteiger partial charge in [-0.15, -0.1) is 0 Å². The summed E-state index contributed by atoms with van der Waals surface area (Å²) in [6.45, 7) is 2.18. The number of benzene rings is 3. The van der Waals surface area contributed by atoms with E-state index in [9.17, 15) is 22.4 Å². The topological polar surface area (TPSA) is 86.8 Å². The van der Waals surface area contributed by atoms with Gasteiger partial charge in [-0.25, -0.2) is 12.8 Å². The number of rotatable bonds is 13. The number of sulfonamides is 1. The van der Waals surface area contributed by atoms with Crippen LogP contribution < -0.4 is 9.62 Å². The predicted octanol–water partition coefficient (Wildman–Crippen LogP) is 4.15. The van der Waals surface area contributed by atoms with Gasteiger partial charge in [0.1, 0.15) is 11.9 Å². The number of hydrogen-bond donors (Lipinski definition) is 1. The zero-order valence-electron chi connectivity index (χ0n) is 21.7. The van der Waals surface area contributed by atoms with Gasteiger partial charge in [-0.2, -0.15) is 0 Å². The molecule has 0 aliphatic carbocycles. The Morgan fingerprint density at radius 1 is 0.921 bits per heavy atom. The maximum absolute atomic E-state index is 14.6. The first-order valence-corrected chi connectivity index (χ1v) is 14.4. The molecule has 0 saturated heterocycles. The molecule has 0 unspecified atom stereocenters. The molecule has 0 aliphatic rings. The number of para-hydroxylation sites is 1. The third-order valence-corrected chi connectivity index (χ3v) is 7.31. The predicted molar refractivity (Wildman–Crippen MR) is 147 cm³/mol. The lowest BCUT2D eigenvalue weighted by Crippen LogP contribution is -2.50. The average Bonchev–Trinajstić information content (AvgIpc) is 2.90. The molecular weight excluding hydrogens is 505 g/mol. The molecular formula is C29H34FN3O4S. The molecule has 1 atom stereocenters. The highest BCUT2D eigenvalue weighted by Crippen LogP contribution is 2.20. The van der Waals surface area contributed by atoms with Crippen molar-refractivity contribution < 1.29 is 22.4 Å². The number of halogens is 1. The van der Waals surface area contributed by atoms with Gasteiger partial charge in [0, 0.05) is 38.0 Å². The Morgan fingerprint density at radius 2 is 1.53 bits per heavy atom. The highest BCUT2D eigenvalue weighted by atomic mass is 32.2. The van der Waals surface area contributed by atoms with E-state index in [1.165, 1.54) is 15.3 Å². The van der Waals surface area contributed by atoms with Crippen molar-refractivity contribution >= 4 is 27.5 Å². The van der Waals surface area contributed by atoms with Gasteiger partial charge in [0.2, 0.25) is 21.8 Å². The van der Waals surface area contributed by atoms with E-state index < -0.39 is 21.9 Å². The van der Waals surface area contributed by atoms with Gasteiger partial charge >= 0.3 is 0 Å². The summed E-state index contributed by atoms with van der Waals surface area (Å²) in [6, 6.07) is 23.3. The monoisotopic (exact) mass is 539 g/mol. The van der Waals surface area contributed by atoms with E-state index in [4.69, 9.17) is 0 Å². The number of amides is 2. The van der Waals surface area contributed by atoms with Crippen molar-refractivity contribution in [2.45, 2.75) is 38.8 Å². The minimum atomic E-state index is -3.57. The zero-order valence-corrected chi connectivity index (χ0v) is 22.5. The second-order valence-electron chi connectivity index (χ2n) is 8.99. The smallest absolute Gasteiger partial charge is 0.243 e. The lowest BCUT2D eigenvalue weighted by molar-refractivity contribution is -0.141. The van der Waals surface area contributed by atoms with E-state index >= 15 is 0 Å². The summed E-state index contributed by atoms with van der Waals surface area (Å²) in [5, 5.41) is 2.80. The lowest BCUT2D eigenvalue weighted by atomic mass is 10.0. The standard InChI is InChI=1S/C29H34FN3O4S/c1-3-31-29(35)27(21-23-13-6-4-7-14-23)32(22-24-15-10-11-18-26(24)30)28(34)19-12-20-33(38(2,36)37)25-16-8-5-9-17-25/h4-11,13-18,27H,3,12,19-22H2,1-2H3,(H,31,35)/t27-/m1/s1. The van der Waals surface area contributed by atoms with E-state index in [1.807, 2.05) is 30.3 Å². The number of carbonyl (C=O) groups excluding carboxylic acids is 2. The van der Waals surface area contributed by atoms with Crippen molar-refractivity contribution in [3.63, 3.8) is 0 Å². The van der Waals surface area contributed by atoms with Crippen LogP contribution in [0.2, 0.25) is 0 Å². The average molecular weight is 540 g/mol.